The van der Waals surface area contributed by atoms with Gasteiger partial charge in [0, 0.05) is 12.5 Å². The zero-order valence-corrected chi connectivity index (χ0v) is 7.75. The number of benzene rings is 1. The summed E-state index contributed by atoms with van der Waals surface area (Å²) < 4.78 is 0.428. The molecule has 74 valence electrons. The molecule has 0 aliphatic heterocycles. The lowest BCUT2D eigenvalue weighted by atomic mass is 10.2. The van der Waals surface area contributed by atoms with Crippen molar-refractivity contribution in [3.05, 3.63) is 41.1 Å². The van der Waals surface area contributed by atoms with Crippen LogP contribution in [0.5, 0.6) is 0 Å². The summed E-state index contributed by atoms with van der Waals surface area (Å²) in [6.45, 7) is 1.34. The van der Waals surface area contributed by atoms with Crippen LogP contribution in [-0.2, 0) is 4.79 Å². The van der Waals surface area contributed by atoms with E-state index >= 15 is 0 Å². The zero-order valence-electron chi connectivity index (χ0n) is 7.75. The van der Waals surface area contributed by atoms with Gasteiger partial charge in [-0.1, -0.05) is 18.2 Å². The molecule has 4 heteroatoms. The Morgan fingerprint density at radius 1 is 1.50 bits per heavy atom. The lowest BCUT2D eigenvalue weighted by Gasteiger charge is -2.07. The van der Waals surface area contributed by atoms with Crippen molar-refractivity contribution < 1.29 is 14.6 Å². The lowest BCUT2D eigenvalue weighted by molar-refractivity contribution is -0.479. The Morgan fingerprint density at radius 3 is 2.57 bits per heavy atom. The molecule has 1 atom stereocenters. The first-order chi connectivity index (χ1) is 6.61. The van der Waals surface area contributed by atoms with Crippen LogP contribution >= 0.6 is 0 Å². The molecule has 0 spiro atoms. The van der Waals surface area contributed by atoms with Crippen molar-refractivity contribution >= 4 is 12.2 Å². The number of hydroxylamine groups is 1. The van der Waals surface area contributed by atoms with E-state index in [1.807, 2.05) is 6.07 Å². The molecule has 1 N–H and O–H groups in total. The first-order valence-corrected chi connectivity index (χ1v) is 4.19. The van der Waals surface area contributed by atoms with Crippen LogP contribution in [0.1, 0.15) is 12.5 Å². The van der Waals surface area contributed by atoms with Gasteiger partial charge in [-0.15, -0.1) is 0 Å². The molecule has 0 saturated heterocycles. The highest BCUT2D eigenvalue weighted by atomic mass is 16.5. The van der Waals surface area contributed by atoms with Gasteiger partial charge in [0.05, 0.1) is 0 Å². The molecule has 0 aliphatic rings. The number of carboxylic acids is 1. The summed E-state index contributed by atoms with van der Waals surface area (Å²) in [5.74, 6) is -1.13. The fourth-order valence-corrected chi connectivity index (χ4v) is 0.907. The van der Waals surface area contributed by atoms with Gasteiger partial charge in [0.25, 0.3) is 6.04 Å². The summed E-state index contributed by atoms with van der Waals surface area (Å²) in [6, 6.07) is 7.80. The standard InChI is InChI=1S/C10H11NO3/c1-8(10(12)13)11(14)7-9-5-3-2-4-6-9/h2-8H,1H3,(H,12,13). The normalized spacial score (nSPS) is 13.6. The topological polar surface area (TPSA) is 63.4 Å². The van der Waals surface area contributed by atoms with Crippen molar-refractivity contribution in [2.45, 2.75) is 13.0 Å². The predicted molar refractivity (Wildman–Crippen MR) is 52.3 cm³/mol. The highest BCUT2D eigenvalue weighted by molar-refractivity contribution is 5.77. The molecule has 14 heavy (non-hydrogen) atoms. The number of carboxylic acid groups (broad SMARTS) is 1. The molecule has 1 unspecified atom stereocenters. The minimum atomic E-state index is -1.13. The lowest BCUT2D eigenvalue weighted by Crippen LogP contribution is -2.28. The molecule has 1 rings (SSSR count). The van der Waals surface area contributed by atoms with E-state index in [9.17, 15) is 10.0 Å². The average Bonchev–Trinajstić information content (AvgIpc) is 2.18. The van der Waals surface area contributed by atoms with E-state index in [1.54, 1.807) is 24.3 Å². The number of aliphatic carboxylic acids is 1. The highest BCUT2D eigenvalue weighted by Crippen LogP contribution is 1.96. The monoisotopic (exact) mass is 193 g/mol. The smallest absolute Gasteiger partial charge is 0.373 e. The van der Waals surface area contributed by atoms with Crippen molar-refractivity contribution in [2.75, 3.05) is 0 Å². The van der Waals surface area contributed by atoms with E-state index < -0.39 is 12.0 Å². The number of hydrogen-bond donors (Lipinski definition) is 1. The molecule has 1 aromatic rings. The summed E-state index contributed by atoms with van der Waals surface area (Å²) in [5.41, 5.74) is 0.690. The van der Waals surface area contributed by atoms with Crippen LogP contribution in [0.15, 0.2) is 30.3 Å². The highest BCUT2D eigenvalue weighted by Gasteiger charge is 2.17. The van der Waals surface area contributed by atoms with Gasteiger partial charge in [0.15, 0.2) is 6.21 Å². The zero-order chi connectivity index (χ0) is 10.6. The first-order valence-electron chi connectivity index (χ1n) is 4.19. The third-order valence-electron chi connectivity index (χ3n) is 1.81. The maximum absolute atomic E-state index is 11.2. The van der Waals surface area contributed by atoms with Crippen LogP contribution in [0.4, 0.5) is 0 Å². The third-order valence-corrected chi connectivity index (χ3v) is 1.81. The summed E-state index contributed by atoms with van der Waals surface area (Å²) in [7, 11) is 0. The molecule has 0 saturated carbocycles. The maximum Gasteiger partial charge on any atom is 0.373 e. The van der Waals surface area contributed by atoms with Gasteiger partial charge < -0.3 is 10.3 Å². The minimum Gasteiger partial charge on any atom is -0.623 e. The van der Waals surface area contributed by atoms with Crippen molar-refractivity contribution in [3.63, 3.8) is 0 Å². The summed E-state index contributed by atoms with van der Waals surface area (Å²) in [4.78, 5) is 10.5. The molecule has 0 bridgehead atoms. The van der Waals surface area contributed by atoms with E-state index in [-0.39, 0.29) is 0 Å². The van der Waals surface area contributed by atoms with Gasteiger partial charge in [-0.2, -0.15) is 4.74 Å². The van der Waals surface area contributed by atoms with E-state index in [0.29, 0.717) is 10.3 Å². The Hall–Kier alpha value is -1.84. The van der Waals surface area contributed by atoms with Gasteiger partial charge in [0.2, 0.25) is 0 Å². The average molecular weight is 193 g/mol. The Morgan fingerprint density at radius 2 is 2.07 bits per heavy atom. The second kappa shape index (κ2) is 4.41. The molecule has 0 radical (unpaired) electrons. The molecular formula is C10H11NO3. The Labute approximate surface area is 81.7 Å². The Balaban J connectivity index is 2.84. The van der Waals surface area contributed by atoms with E-state index in [2.05, 4.69) is 0 Å². The number of hydrogen-bond acceptors (Lipinski definition) is 2. The first kappa shape index (κ1) is 10.2. The fraction of sp³-hybridized carbons (Fsp3) is 0.200. The van der Waals surface area contributed by atoms with Gasteiger partial charge in [-0.05, 0) is 12.1 Å². The molecule has 0 fully saturated rings. The fourth-order valence-electron chi connectivity index (χ4n) is 0.907. The molecule has 1 aromatic carbocycles. The molecular weight excluding hydrogens is 182 g/mol. The molecule has 0 aliphatic carbocycles. The van der Waals surface area contributed by atoms with Crippen molar-refractivity contribution in [3.8, 4) is 0 Å². The third kappa shape index (κ3) is 2.58. The van der Waals surface area contributed by atoms with Crippen LogP contribution < -0.4 is 0 Å². The molecule has 0 aromatic heterocycles. The van der Waals surface area contributed by atoms with Gasteiger partial charge >= 0.3 is 5.97 Å². The molecule has 0 heterocycles. The van der Waals surface area contributed by atoms with Crippen LogP contribution in [0, 0.1) is 5.21 Å². The van der Waals surface area contributed by atoms with E-state index in [4.69, 9.17) is 5.11 Å². The predicted octanol–water partition coefficient (Wildman–Crippen LogP) is 1.09. The largest absolute Gasteiger partial charge is 0.623 e. The van der Waals surface area contributed by atoms with E-state index in [0.717, 1.165) is 0 Å². The minimum absolute atomic E-state index is 0.428. The van der Waals surface area contributed by atoms with Crippen LogP contribution in [0.3, 0.4) is 0 Å². The van der Waals surface area contributed by atoms with Crippen LogP contribution in [0.2, 0.25) is 0 Å². The Kier molecular flexibility index (Phi) is 3.23. The van der Waals surface area contributed by atoms with Crippen molar-refractivity contribution in [1.82, 2.24) is 0 Å². The summed E-state index contributed by atoms with van der Waals surface area (Å²) >= 11 is 0. The molecule has 4 nitrogen and oxygen atoms in total. The van der Waals surface area contributed by atoms with Crippen LogP contribution in [-0.4, -0.2) is 28.1 Å². The summed E-state index contributed by atoms with van der Waals surface area (Å²) in [6.07, 6.45) is 1.26. The Bertz CT molecular complexity index is 346. The van der Waals surface area contributed by atoms with Crippen LogP contribution in [0.25, 0.3) is 0 Å². The summed E-state index contributed by atoms with van der Waals surface area (Å²) in [5, 5.41) is 19.8. The SMILES string of the molecule is CC(C(=O)O)[N+]([O-])=Cc1ccccc1. The number of carbonyl (C=O) groups is 1. The molecule has 0 amide bonds. The van der Waals surface area contributed by atoms with Gasteiger partial charge in [-0.25, -0.2) is 4.79 Å². The second-order valence-electron chi connectivity index (χ2n) is 2.91. The number of rotatable bonds is 3. The quantitative estimate of drug-likeness (QED) is 0.338. The van der Waals surface area contributed by atoms with Gasteiger partial charge in [-0.3, -0.25) is 0 Å². The van der Waals surface area contributed by atoms with Crippen molar-refractivity contribution in [2.24, 2.45) is 0 Å². The van der Waals surface area contributed by atoms with E-state index in [1.165, 1.54) is 13.1 Å². The van der Waals surface area contributed by atoms with Gasteiger partial charge in [0.1, 0.15) is 0 Å². The van der Waals surface area contributed by atoms with Crippen molar-refractivity contribution in [1.29, 1.82) is 0 Å². The maximum atomic E-state index is 11.2. The second-order valence-corrected chi connectivity index (χ2v) is 2.91. The number of nitrogens with zero attached hydrogens (tertiary/aromatic N) is 1.